The Bertz CT molecular complexity index is 541. The van der Waals surface area contributed by atoms with E-state index in [4.69, 9.17) is 4.74 Å². The quantitative estimate of drug-likeness (QED) is 0.758. The lowest BCUT2D eigenvalue weighted by atomic mass is 10.2. The molecule has 0 N–H and O–H groups in total. The first-order chi connectivity index (χ1) is 8.63. The van der Waals surface area contributed by atoms with Gasteiger partial charge in [0.2, 0.25) is 0 Å². The predicted molar refractivity (Wildman–Crippen MR) is 75.0 cm³/mol. The second-order valence-electron chi connectivity index (χ2n) is 3.87. The molecule has 0 fully saturated rings. The third-order valence-electron chi connectivity index (χ3n) is 2.68. The Hall–Kier alpha value is -1.77. The van der Waals surface area contributed by atoms with E-state index in [1.807, 2.05) is 57.5 Å². The van der Waals surface area contributed by atoms with Gasteiger partial charge < -0.3 is 9.30 Å². The van der Waals surface area contributed by atoms with Crippen LogP contribution in [0.1, 0.15) is 36.8 Å². The van der Waals surface area contributed by atoms with Crippen molar-refractivity contribution in [1.82, 2.24) is 4.57 Å². The van der Waals surface area contributed by atoms with E-state index in [-0.39, 0.29) is 5.97 Å². The summed E-state index contributed by atoms with van der Waals surface area (Å²) in [5.74, 6) is -0.265. The minimum absolute atomic E-state index is 0.265. The van der Waals surface area contributed by atoms with Crippen LogP contribution in [0.2, 0.25) is 0 Å². The van der Waals surface area contributed by atoms with E-state index in [9.17, 15) is 4.79 Å². The zero-order valence-corrected chi connectivity index (χ0v) is 11.8. The highest BCUT2D eigenvalue weighted by Crippen LogP contribution is 2.20. The van der Waals surface area contributed by atoms with Crippen molar-refractivity contribution in [3.8, 4) is 0 Å². The number of carbonyl (C=O) groups excluding carboxylic acids is 1. The number of benzene rings is 1. The molecular weight excluding hydrogens is 226 g/mol. The summed E-state index contributed by atoms with van der Waals surface area (Å²) >= 11 is 0. The summed E-state index contributed by atoms with van der Waals surface area (Å²) in [5.41, 5.74) is 2.84. The smallest absolute Gasteiger partial charge is 0.354 e. The van der Waals surface area contributed by atoms with Gasteiger partial charge in [0.15, 0.2) is 0 Å². The lowest BCUT2D eigenvalue weighted by Crippen LogP contribution is -2.09. The molecule has 0 aliphatic rings. The van der Waals surface area contributed by atoms with Crippen molar-refractivity contribution in [2.75, 3.05) is 6.61 Å². The molecule has 1 aromatic carbocycles. The molecule has 0 aliphatic heterocycles. The van der Waals surface area contributed by atoms with Crippen molar-refractivity contribution in [3.63, 3.8) is 0 Å². The first-order valence-corrected chi connectivity index (χ1v) is 6.36. The topological polar surface area (TPSA) is 31.2 Å². The maximum absolute atomic E-state index is 11.7. The lowest BCUT2D eigenvalue weighted by molar-refractivity contribution is 0.0516. The Balaban J connectivity index is 0.000000771. The molecule has 3 heteroatoms. The molecule has 18 heavy (non-hydrogen) atoms. The highest BCUT2D eigenvalue weighted by Gasteiger charge is 2.13. The minimum atomic E-state index is -0.265. The summed E-state index contributed by atoms with van der Waals surface area (Å²) in [4.78, 5) is 11.7. The van der Waals surface area contributed by atoms with Crippen LogP contribution in [0, 0.1) is 6.92 Å². The van der Waals surface area contributed by atoms with Crippen LogP contribution in [-0.4, -0.2) is 17.1 Å². The lowest BCUT2D eigenvalue weighted by Gasteiger charge is -2.03. The zero-order valence-electron chi connectivity index (χ0n) is 11.8. The van der Waals surface area contributed by atoms with Gasteiger partial charge in [-0.05, 0) is 32.0 Å². The highest BCUT2D eigenvalue weighted by molar-refractivity contribution is 5.95. The molecule has 0 aliphatic carbocycles. The number of fused-ring (bicyclic) bond motifs is 1. The minimum Gasteiger partial charge on any atom is -0.461 e. The maximum atomic E-state index is 11.7. The molecule has 0 saturated carbocycles. The van der Waals surface area contributed by atoms with Crippen molar-refractivity contribution in [2.24, 2.45) is 7.05 Å². The average Bonchev–Trinajstić information content (AvgIpc) is 2.69. The standard InChI is InChI=1S/C13H15NO2.C2H6/c1-4-16-13(15)12-8-10-7-9(2)5-6-11(10)14(12)3;1-2/h5-8H,4H2,1-3H3;1-2H3. The van der Waals surface area contributed by atoms with Crippen LogP contribution in [0.5, 0.6) is 0 Å². The van der Waals surface area contributed by atoms with Crippen LogP contribution >= 0.6 is 0 Å². The Morgan fingerprint density at radius 1 is 1.28 bits per heavy atom. The van der Waals surface area contributed by atoms with Crippen molar-refractivity contribution >= 4 is 16.9 Å². The summed E-state index contributed by atoms with van der Waals surface area (Å²) in [7, 11) is 1.88. The van der Waals surface area contributed by atoms with Gasteiger partial charge in [0.1, 0.15) is 5.69 Å². The monoisotopic (exact) mass is 247 g/mol. The van der Waals surface area contributed by atoms with Crippen molar-refractivity contribution in [2.45, 2.75) is 27.7 Å². The van der Waals surface area contributed by atoms with Gasteiger partial charge in [-0.3, -0.25) is 0 Å². The molecular formula is C15H21NO2. The third-order valence-corrected chi connectivity index (χ3v) is 2.68. The summed E-state index contributed by atoms with van der Waals surface area (Å²) < 4.78 is 6.88. The summed E-state index contributed by atoms with van der Waals surface area (Å²) in [6.45, 7) is 8.25. The number of hydrogen-bond acceptors (Lipinski definition) is 2. The van der Waals surface area contributed by atoms with Gasteiger partial charge in [0, 0.05) is 18.0 Å². The van der Waals surface area contributed by atoms with Crippen molar-refractivity contribution < 1.29 is 9.53 Å². The Morgan fingerprint density at radius 3 is 2.56 bits per heavy atom. The summed E-state index contributed by atoms with van der Waals surface area (Å²) in [6, 6.07) is 8.00. The molecule has 2 aromatic rings. The van der Waals surface area contributed by atoms with Gasteiger partial charge in [-0.1, -0.05) is 25.5 Å². The van der Waals surface area contributed by atoms with E-state index in [1.165, 1.54) is 5.56 Å². The zero-order chi connectivity index (χ0) is 13.7. The van der Waals surface area contributed by atoms with Crippen molar-refractivity contribution in [1.29, 1.82) is 0 Å². The largest absolute Gasteiger partial charge is 0.461 e. The van der Waals surface area contributed by atoms with Gasteiger partial charge in [-0.2, -0.15) is 0 Å². The first-order valence-electron chi connectivity index (χ1n) is 6.36. The predicted octanol–water partition coefficient (Wildman–Crippen LogP) is 3.69. The molecule has 0 atom stereocenters. The summed E-state index contributed by atoms with van der Waals surface area (Å²) in [6.07, 6.45) is 0. The van der Waals surface area contributed by atoms with E-state index >= 15 is 0 Å². The van der Waals surface area contributed by atoms with Crippen LogP contribution in [0.25, 0.3) is 10.9 Å². The SMILES string of the molecule is CC.CCOC(=O)c1cc2cc(C)ccc2n1C. The molecule has 3 nitrogen and oxygen atoms in total. The fraction of sp³-hybridized carbons (Fsp3) is 0.400. The second kappa shape index (κ2) is 6.24. The fourth-order valence-corrected chi connectivity index (χ4v) is 1.87. The molecule has 0 bridgehead atoms. The number of carbonyl (C=O) groups is 1. The Morgan fingerprint density at radius 2 is 1.94 bits per heavy atom. The average molecular weight is 247 g/mol. The fourth-order valence-electron chi connectivity index (χ4n) is 1.87. The van der Waals surface area contributed by atoms with E-state index < -0.39 is 0 Å². The highest BCUT2D eigenvalue weighted by atomic mass is 16.5. The van der Waals surface area contributed by atoms with Gasteiger partial charge >= 0.3 is 5.97 Å². The molecule has 98 valence electrons. The number of aryl methyl sites for hydroxylation is 2. The molecule has 2 rings (SSSR count). The number of esters is 1. The van der Waals surface area contributed by atoms with Gasteiger partial charge in [-0.15, -0.1) is 0 Å². The number of aromatic nitrogens is 1. The first kappa shape index (κ1) is 14.3. The third kappa shape index (κ3) is 2.73. The molecule has 0 spiro atoms. The molecule has 1 aromatic heterocycles. The van der Waals surface area contributed by atoms with Crippen molar-refractivity contribution in [3.05, 3.63) is 35.5 Å². The molecule has 0 radical (unpaired) electrons. The van der Waals surface area contributed by atoms with Crippen LogP contribution in [0.3, 0.4) is 0 Å². The molecule has 1 heterocycles. The molecule has 0 unspecified atom stereocenters. The van der Waals surface area contributed by atoms with Gasteiger partial charge in [0.25, 0.3) is 0 Å². The number of nitrogens with zero attached hydrogens (tertiary/aromatic N) is 1. The van der Waals surface area contributed by atoms with Crippen LogP contribution in [0.4, 0.5) is 0 Å². The van der Waals surface area contributed by atoms with Crippen LogP contribution in [0.15, 0.2) is 24.3 Å². The van der Waals surface area contributed by atoms with Gasteiger partial charge in [-0.25, -0.2) is 4.79 Å². The number of ether oxygens (including phenoxy) is 1. The van der Waals surface area contributed by atoms with Gasteiger partial charge in [0.05, 0.1) is 6.61 Å². The Kier molecular flexibility index (Phi) is 4.95. The van der Waals surface area contributed by atoms with Crippen LogP contribution in [-0.2, 0) is 11.8 Å². The number of hydrogen-bond donors (Lipinski definition) is 0. The maximum Gasteiger partial charge on any atom is 0.354 e. The van der Waals surface area contributed by atoms with E-state index in [0.717, 1.165) is 10.9 Å². The Labute approximate surface area is 108 Å². The molecule has 0 amide bonds. The molecule has 0 saturated heterocycles. The van der Waals surface area contributed by atoms with E-state index in [2.05, 4.69) is 6.07 Å². The summed E-state index contributed by atoms with van der Waals surface area (Å²) in [5, 5.41) is 1.07. The van der Waals surface area contributed by atoms with E-state index in [1.54, 1.807) is 0 Å². The number of rotatable bonds is 2. The normalized spacial score (nSPS) is 9.83. The second-order valence-corrected chi connectivity index (χ2v) is 3.87. The van der Waals surface area contributed by atoms with E-state index in [0.29, 0.717) is 12.3 Å². The van der Waals surface area contributed by atoms with Crippen LogP contribution < -0.4 is 0 Å².